The van der Waals surface area contributed by atoms with E-state index in [4.69, 9.17) is 14.2 Å². The van der Waals surface area contributed by atoms with Crippen molar-refractivity contribution in [3.05, 3.63) is 35.7 Å². The van der Waals surface area contributed by atoms with Crippen LogP contribution < -0.4 is 9.47 Å². The fourth-order valence-corrected chi connectivity index (χ4v) is 4.79. The monoisotopic (exact) mass is 501 g/mol. The molecule has 1 aromatic heterocycles. The van der Waals surface area contributed by atoms with Gasteiger partial charge in [-0.15, -0.1) is 5.10 Å². The highest BCUT2D eigenvalue weighted by atomic mass is 16.5. The first-order chi connectivity index (χ1) is 17.5. The van der Waals surface area contributed by atoms with Crippen LogP contribution in [-0.2, 0) is 29.2 Å². The summed E-state index contributed by atoms with van der Waals surface area (Å²) < 4.78 is 20.1. The molecule has 1 N–H and O–H groups in total. The Labute approximate surface area is 213 Å². The lowest BCUT2D eigenvalue weighted by atomic mass is 10.0. The molecule has 0 bridgehead atoms. The van der Waals surface area contributed by atoms with E-state index in [1.54, 1.807) is 11.1 Å². The summed E-state index contributed by atoms with van der Waals surface area (Å²) in [6.07, 6.45) is 3.51. The minimum Gasteiger partial charge on any atom is -0.490 e. The van der Waals surface area contributed by atoms with Crippen molar-refractivity contribution in [3.63, 3.8) is 0 Å². The van der Waals surface area contributed by atoms with E-state index in [9.17, 15) is 9.90 Å². The molecule has 0 saturated carbocycles. The van der Waals surface area contributed by atoms with Crippen LogP contribution in [0, 0.1) is 5.92 Å². The zero-order valence-electron chi connectivity index (χ0n) is 21.6. The largest absolute Gasteiger partial charge is 0.490 e. The van der Waals surface area contributed by atoms with Gasteiger partial charge in [-0.1, -0.05) is 24.3 Å². The van der Waals surface area contributed by atoms with Crippen LogP contribution in [0.1, 0.15) is 44.4 Å². The Morgan fingerprint density at radius 3 is 2.92 bits per heavy atom. The van der Waals surface area contributed by atoms with E-state index in [1.165, 1.54) is 0 Å². The summed E-state index contributed by atoms with van der Waals surface area (Å²) in [4.78, 5) is 17.1. The van der Waals surface area contributed by atoms with Crippen LogP contribution in [0.4, 0.5) is 0 Å². The maximum Gasteiger partial charge on any atom is 0.222 e. The van der Waals surface area contributed by atoms with E-state index in [2.05, 4.69) is 35.2 Å². The van der Waals surface area contributed by atoms with Crippen LogP contribution in [0.15, 0.2) is 24.4 Å². The molecule has 198 valence electrons. The van der Waals surface area contributed by atoms with Crippen LogP contribution in [0.2, 0.25) is 0 Å². The number of likely N-dealkylation sites (N-methyl/N-ethyl adjacent to an activating group) is 1. The lowest BCUT2D eigenvalue weighted by molar-refractivity contribution is -0.136. The van der Waals surface area contributed by atoms with Gasteiger partial charge in [-0.2, -0.15) is 0 Å². The third-order valence-corrected chi connectivity index (χ3v) is 6.92. The molecule has 0 unspecified atom stereocenters. The third-order valence-electron chi connectivity index (χ3n) is 6.92. The number of hydrogen-bond acceptors (Lipinski definition) is 8. The Morgan fingerprint density at radius 2 is 2.08 bits per heavy atom. The summed E-state index contributed by atoms with van der Waals surface area (Å²) in [5.74, 6) is 1.70. The van der Waals surface area contributed by atoms with Gasteiger partial charge in [0.25, 0.3) is 0 Å². The number of carbonyl (C=O) groups is 1. The Hall–Kier alpha value is -2.69. The maximum atomic E-state index is 13.1. The molecule has 1 aromatic carbocycles. The highest BCUT2D eigenvalue weighted by molar-refractivity contribution is 5.76. The number of nitrogens with zero attached hydrogens (tertiary/aromatic N) is 5. The van der Waals surface area contributed by atoms with E-state index in [0.29, 0.717) is 58.8 Å². The van der Waals surface area contributed by atoms with Crippen molar-refractivity contribution in [3.8, 4) is 11.5 Å². The summed E-state index contributed by atoms with van der Waals surface area (Å²) in [6.45, 7) is 8.08. The number of fused-ring (bicyclic) bond motifs is 2. The quantitative estimate of drug-likeness (QED) is 0.642. The number of amides is 1. The van der Waals surface area contributed by atoms with E-state index in [-0.39, 0.29) is 30.6 Å². The molecule has 36 heavy (non-hydrogen) atoms. The van der Waals surface area contributed by atoms with E-state index < -0.39 is 0 Å². The molecule has 0 saturated heterocycles. The lowest BCUT2D eigenvalue weighted by Crippen LogP contribution is -2.47. The number of aryl methyl sites for hydroxylation is 1. The Morgan fingerprint density at radius 1 is 1.25 bits per heavy atom. The molecule has 3 heterocycles. The molecule has 1 amide bonds. The van der Waals surface area contributed by atoms with Gasteiger partial charge in [0.05, 0.1) is 50.5 Å². The summed E-state index contributed by atoms with van der Waals surface area (Å²) >= 11 is 0. The lowest BCUT2D eigenvalue weighted by Gasteiger charge is -2.35. The molecular formula is C26H39N5O5. The van der Waals surface area contributed by atoms with Gasteiger partial charge in [0, 0.05) is 50.5 Å². The molecule has 0 radical (unpaired) electrons. The van der Waals surface area contributed by atoms with E-state index in [0.717, 1.165) is 29.2 Å². The highest BCUT2D eigenvalue weighted by Crippen LogP contribution is 2.34. The van der Waals surface area contributed by atoms with Gasteiger partial charge in [-0.3, -0.25) is 9.69 Å². The van der Waals surface area contributed by atoms with Gasteiger partial charge in [-0.25, -0.2) is 4.68 Å². The fourth-order valence-electron chi connectivity index (χ4n) is 4.79. The minimum atomic E-state index is -0.250. The van der Waals surface area contributed by atoms with Crippen LogP contribution in [0.25, 0.3) is 0 Å². The number of aromatic nitrogens is 3. The SMILES string of the molecule is C[C@H]1CN([C@@H](C)CO)C(=O)CCCn2nncc2CO[C@@H]1CN(C)Cc1cccc2c1OCCCO2. The van der Waals surface area contributed by atoms with Gasteiger partial charge in [0.15, 0.2) is 11.5 Å². The first kappa shape index (κ1) is 26.4. The maximum absolute atomic E-state index is 13.1. The smallest absolute Gasteiger partial charge is 0.222 e. The second kappa shape index (κ2) is 12.5. The third kappa shape index (κ3) is 6.54. The number of aliphatic hydroxyl groups is 1. The molecule has 2 aromatic rings. The molecule has 10 heteroatoms. The minimum absolute atomic E-state index is 0.0432. The zero-order chi connectivity index (χ0) is 25.5. The van der Waals surface area contributed by atoms with Gasteiger partial charge in [-0.05, 0) is 26.5 Å². The predicted molar refractivity (Wildman–Crippen MR) is 134 cm³/mol. The van der Waals surface area contributed by atoms with E-state index in [1.807, 2.05) is 23.7 Å². The molecule has 10 nitrogen and oxygen atoms in total. The summed E-state index contributed by atoms with van der Waals surface area (Å²) in [5, 5.41) is 18.0. The molecule has 0 fully saturated rings. The van der Waals surface area contributed by atoms with E-state index >= 15 is 0 Å². The van der Waals surface area contributed by atoms with Gasteiger partial charge >= 0.3 is 0 Å². The molecular weight excluding hydrogens is 462 g/mol. The zero-order valence-corrected chi connectivity index (χ0v) is 21.6. The normalized spacial score (nSPS) is 22.4. The fraction of sp³-hybridized carbons (Fsp3) is 0.654. The van der Waals surface area contributed by atoms with Crippen molar-refractivity contribution in [2.45, 2.75) is 65.0 Å². The second-order valence-corrected chi connectivity index (χ2v) is 9.95. The Balaban J connectivity index is 1.51. The highest BCUT2D eigenvalue weighted by Gasteiger charge is 2.28. The van der Waals surface area contributed by atoms with Crippen molar-refractivity contribution < 1.29 is 24.1 Å². The van der Waals surface area contributed by atoms with Gasteiger partial charge in [0.1, 0.15) is 0 Å². The number of benzene rings is 1. The number of hydrogen-bond donors (Lipinski definition) is 1. The predicted octanol–water partition coefficient (Wildman–Crippen LogP) is 2.10. The number of para-hydroxylation sites is 1. The molecule has 0 aliphatic carbocycles. The average Bonchev–Trinajstić information content (AvgIpc) is 3.16. The first-order valence-electron chi connectivity index (χ1n) is 12.9. The summed E-state index contributed by atoms with van der Waals surface area (Å²) in [7, 11) is 2.06. The van der Waals surface area contributed by atoms with Crippen LogP contribution in [0.3, 0.4) is 0 Å². The molecule has 2 aliphatic rings. The van der Waals surface area contributed by atoms with Gasteiger partial charge in [0.2, 0.25) is 5.91 Å². The van der Waals surface area contributed by atoms with Crippen molar-refractivity contribution in [2.24, 2.45) is 5.92 Å². The van der Waals surface area contributed by atoms with Crippen molar-refractivity contribution in [1.82, 2.24) is 24.8 Å². The summed E-state index contributed by atoms with van der Waals surface area (Å²) in [5.41, 5.74) is 1.98. The first-order valence-corrected chi connectivity index (χ1v) is 12.9. The van der Waals surface area contributed by atoms with Crippen LogP contribution in [0.5, 0.6) is 11.5 Å². The number of aliphatic hydroxyl groups excluding tert-OH is 1. The van der Waals surface area contributed by atoms with Crippen molar-refractivity contribution >= 4 is 5.91 Å². The van der Waals surface area contributed by atoms with Crippen LogP contribution in [-0.4, -0.2) is 87.9 Å². The number of rotatable bonds is 6. The van der Waals surface area contributed by atoms with Crippen molar-refractivity contribution in [1.29, 1.82) is 0 Å². The molecule has 0 spiro atoms. The molecule has 4 rings (SSSR count). The Bertz CT molecular complexity index is 999. The summed E-state index contributed by atoms with van der Waals surface area (Å²) in [6, 6.07) is 5.77. The molecule has 3 atom stereocenters. The number of ether oxygens (including phenoxy) is 3. The topological polar surface area (TPSA) is 102 Å². The second-order valence-electron chi connectivity index (χ2n) is 9.95. The molecule has 2 aliphatic heterocycles. The average molecular weight is 502 g/mol. The standard InChI is InChI=1S/C26H39N5O5/c1-19-14-30(20(2)17-32)25(33)9-5-10-31-22(13-27-28-31)18-36-24(19)16-29(3)15-21-7-4-8-23-26(21)35-12-6-11-34-23/h4,7-8,13,19-20,24,32H,5-6,9-12,14-18H2,1-3H3/t19-,20-,24+/m0/s1. The van der Waals surface area contributed by atoms with Gasteiger partial charge < -0.3 is 24.2 Å². The van der Waals surface area contributed by atoms with Crippen LogP contribution >= 0.6 is 0 Å². The number of carbonyl (C=O) groups excluding carboxylic acids is 1. The Kier molecular flexibility index (Phi) is 9.17. The van der Waals surface area contributed by atoms with Crippen molar-refractivity contribution in [2.75, 3.05) is 40.0 Å².